The van der Waals surface area contributed by atoms with Gasteiger partial charge in [-0.3, -0.25) is 4.79 Å². The molecule has 0 spiro atoms. The molecule has 1 aliphatic rings. The smallest absolute Gasteiger partial charge is 0.229 e. The van der Waals surface area contributed by atoms with Gasteiger partial charge in [-0.15, -0.1) is 0 Å². The van der Waals surface area contributed by atoms with Crippen LogP contribution in [0.4, 0.5) is 11.4 Å². The summed E-state index contributed by atoms with van der Waals surface area (Å²) in [7, 11) is 1.80. The van der Waals surface area contributed by atoms with Crippen molar-refractivity contribution in [1.29, 1.82) is 0 Å². The number of carbonyl (C=O) groups is 1. The van der Waals surface area contributed by atoms with Crippen LogP contribution >= 0.6 is 15.9 Å². The van der Waals surface area contributed by atoms with Crippen molar-refractivity contribution in [1.82, 2.24) is 0 Å². The number of benzene rings is 1. The maximum absolute atomic E-state index is 11.8. The van der Waals surface area contributed by atoms with Crippen molar-refractivity contribution < 1.29 is 4.79 Å². The molecule has 3 nitrogen and oxygen atoms in total. The van der Waals surface area contributed by atoms with Crippen molar-refractivity contribution in [3.63, 3.8) is 0 Å². The Morgan fingerprint density at radius 3 is 2.87 bits per heavy atom. The van der Waals surface area contributed by atoms with E-state index in [0.29, 0.717) is 5.69 Å². The normalized spacial score (nSPS) is 20.3. The summed E-state index contributed by atoms with van der Waals surface area (Å²) in [5, 5.41) is 0. The lowest BCUT2D eigenvalue weighted by atomic mass is 9.93. The first-order chi connectivity index (χ1) is 7.00. The van der Waals surface area contributed by atoms with Crippen molar-refractivity contribution in [2.45, 2.75) is 13.3 Å². The Kier molecular flexibility index (Phi) is 2.46. The number of hydrogen-bond donors (Lipinski definition) is 1. The highest BCUT2D eigenvalue weighted by molar-refractivity contribution is 9.10. The van der Waals surface area contributed by atoms with E-state index in [1.165, 1.54) is 5.56 Å². The number of nitrogens with two attached hydrogens (primary N) is 1. The van der Waals surface area contributed by atoms with Gasteiger partial charge in [-0.05, 0) is 40.0 Å². The minimum Gasteiger partial charge on any atom is -0.398 e. The fourth-order valence-corrected chi connectivity index (χ4v) is 2.35. The zero-order chi connectivity index (χ0) is 11.2. The molecule has 0 fully saturated rings. The van der Waals surface area contributed by atoms with Gasteiger partial charge in [0.2, 0.25) is 5.91 Å². The Hall–Kier alpha value is -1.03. The van der Waals surface area contributed by atoms with E-state index >= 15 is 0 Å². The lowest BCUT2D eigenvalue weighted by Gasteiger charge is -2.30. The predicted molar refractivity (Wildman–Crippen MR) is 64.8 cm³/mol. The minimum absolute atomic E-state index is 0.0537. The first-order valence-electron chi connectivity index (χ1n) is 4.86. The lowest BCUT2D eigenvalue weighted by molar-refractivity contribution is -0.121. The van der Waals surface area contributed by atoms with Gasteiger partial charge in [-0.1, -0.05) is 6.92 Å². The van der Waals surface area contributed by atoms with Crippen LogP contribution in [-0.4, -0.2) is 13.0 Å². The molecule has 1 aromatic rings. The second-order valence-corrected chi connectivity index (χ2v) is 4.86. The SMILES string of the molecule is CC1Cc2cc(Br)c(N)cc2N(C)C1=O. The summed E-state index contributed by atoms with van der Waals surface area (Å²) < 4.78 is 0.899. The molecule has 0 saturated heterocycles. The lowest BCUT2D eigenvalue weighted by Crippen LogP contribution is -2.37. The fraction of sp³-hybridized carbons (Fsp3) is 0.364. The predicted octanol–water partition coefficient (Wildman–Crippen LogP) is 2.19. The summed E-state index contributed by atoms with van der Waals surface area (Å²) in [6.07, 6.45) is 0.789. The van der Waals surface area contributed by atoms with Gasteiger partial charge in [0.25, 0.3) is 0 Å². The van der Waals surface area contributed by atoms with E-state index in [1.807, 2.05) is 19.1 Å². The topological polar surface area (TPSA) is 46.3 Å². The van der Waals surface area contributed by atoms with Crippen molar-refractivity contribution in [2.24, 2.45) is 5.92 Å². The third-order valence-electron chi connectivity index (χ3n) is 2.84. The maximum atomic E-state index is 11.8. The highest BCUT2D eigenvalue weighted by atomic mass is 79.9. The quantitative estimate of drug-likeness (QED) is 0.734. The van der Waals surface area contributed by atoms with E-state index in [2.05, 4.69) is 15.9 Å². The highest BCUT2D eigenvalue weighted by Crippen LogP contribution is 2.34. The van der Waals surface area contributed by atoms with E-state index in [9.17, 15) is 4.79 Å². The number of anilines is 2. The Morgan fingerprint density at radius 1 is 1.53 bits per heavy atom. The van der Waals surface area contributed by atoms with Crippen LogP contribution in [0.1, 0.15) is 12.5 Å². The number of nitrogens with zero attached hydrogens (tertiary/aromatic N) is 1. The fourth-order valence-electron chi connectivity index (χ4n) is 1.96. The zero-order valence-corrected chi connectivity index (χ0v) is 10.3. The molecule has 4 heteroatoms. The standard InChI is InChI=1S/C11H13BrN2O/c1-6-3-7-4-8(12)9(13)5-10(7)14(2)11(6)15/h4-6H,3,13H2,1-2H3. The maximum Gasteiger partial charge on any atom is 0.229 e. The van der Waals surface area contributed by atoms with Gasteiger partial charge in [-0.25, -0.2) is 0 Å². The molecule has 1 unspecified atom stereocenters. The average molecular weight is 269 g/mol. The summed E-state index contributed by atoms with van der Waals surface area (Å²) in [6, 6.07) is 3.85. The van der Waals surface area contributed by atoms with Crippen LogP contribution in [0.15, 0.2) is 16.6 Å². The molecule has 2 N–H and O–H groups in total. The van der Waals surface area contributed by atoms with Gasteiger partial charge in [-0.2, -0.15) is 0 Å². The van der Waals surface area contributed by atoms with Gasteiger partial charge < -0.3 is 10.6 Å². The van der Waals surface area contributed by atoms with Gasteiger partial charge in [0.05, 0.1) is 0 Å². The van der Waals surface area contributed by atoms with Gasteiger partial charge in [0.15, 0.2) is 0 Å². The van der Waals surface area contributed by atoms with Crippen LogP contribution in [0.5, 0.6) is 0 Å². The molecule has 2 rings (SSSR count). The molecule has 1 aliphatic heterocycles. The van der Waals surface area contributed by atoms with Gasteiger partial charge in [0, 0.05) is 28.8 Å². The first kappa shape index (κ1) is 10.5. The largest absolute Gasteiger partial charge is 0.398 e. The number of halogens is 1. The third-order valence-corrected chi connectivity index (χ3v) is 3.52. The van der Waals surface area contributed by atoms with Gasteiger partial charge >= 0.3 is 0 Å². The molecule has 1 aromatic carbocycles. The van der Waals surface area contributed by atoms with E-state index < -0.39 is 0 Å². The van der Waals surface area contributed by atoms with Crippen LogP contribution in [0.3, 0.4) is 0 Å². The van der Waals surface area contributed by atoms with E-state index in [4.69, 9.17) is 5.73 Å². The number of carbonyl (C=O) groups excluding carboxylic acids is 1. The molecule has 0 radical (unpaired) electrons. The molecule has 0 aliphatic carbocycles. The highest BCUT2D eigenvalue weighted by Gasteiger charge is 2.27. The second kappa shape index (κ2) is 3.52. The van der Waals surface area contributed by atoms with E-state index in [-0.39, 0.29) is 11.8 Å². The van der Waals surface area contributed by atoms with Crippen molar-refractivity contribution >= 4 is 33.2 Å². The number of amides is 1. The Labute approximate surface area is 97.4 Å². The third kappa shape index (κ3) is 1.63. The van der Waals surface area contributed by atoms with Crippen molar-refractivity contribution in [3.05, 3.63) is 22.2 Å². The number of rotatable bonds is 0. The van der Waals surface area contributed by atoms with Crippen LogP contribution in [0.25, 0.3) is 0 Å². The molecule has 0 saturated carbocycles. The summed E-state index contributed by atoms with van der Waals surface area (Å²) in [6.45, 7) is 1.95. The van der Waals surface area contributed by atoms with Crippen LogP contribution < -0.4 is 10.6 Å². The van der Waals surface area contributed by atoms with E-state index in [0.717, 1.165) is 16.6 Å². The van der Waals surface area contributed by atoms with Crippen molar-refractivity contribution in [3.8, 4) is 0 Å². The van der Waals surface area contributed by atoms with Crippen LogP contribution in [0.2, 0.25) is 0 Å². The Bertz CT molecular complexity index is 431. The molecular formula is C11H13BrN2O. The van der Waals surface area contributed by atoms with Crippen molar-refractivity contribution in [2.75, 3.05) is 17.7 Å². The number of nitrogen functional groups attached to an aromatic ring is 1. The first-order valence-corrected chi connectivity index (χ1v) is 5.65. The average Bonchev–Trinajstić information content (AvgIpc) is 2.19. The molecule has 1 amide bonds. The molecule has 0 aromatic heterocycles. The van der Waals surface area contributed by atoms with Crippen LogP contribution in [0, 0.1) is 5.92 Å². The Morgan fingerprint density at radius 2 is 2.20 bits per heavy atom. The summed E-state index contributed by atoms with van der Waals surface area (Å²) in [4.78, 5) is 13.4. The molecule has 80 valence electrons. The number of hydrogen-bond acceptors (Lipinski definition) is 2. The summed E-state index contributed by atoms with van der Waals surface area (Å²) >= 11 is 3.40. The van der Waals surface area contributed by atoms with E-state index in [1.54, 1.807) is 11.9 Å². The minimum atomic E-state index is 0.0537. The summed E-state index contributed by atoms with van der Waals surface area (Å²) in [5.41, 5.74) is 8.57. The molecule has 1 atom stereocenters. The monoisotopic (exact) mass is 268 g/mol. The molecular weight excluding hydrogens is 256 g/mol. The van der Waals surface area contributed by atoms with Gasteiger partial charge in [0.1, 0.15) is 0 Å². The molecule has 0 bridgehead atoms. The second-order valence-electron chi connectivity index (χ2n) is 4.00. The van der Waals surface area contributed by atoms with Crippen LogP contribution in [-0.2, 0) is 11.2 Å². The summed E-state index contributed by atoms with van der Waals surface area (Å²) in [5.74, 6) is 0.210. The Balaban J connectivity index is 2.56. The number of fused-ring (bicyclic) bond motifs is 1. The molecule has 1 heterocycles. The zero-order valence-electron chi connectivity index (χ0n) is 8.75. The molecule has 15 heavy (non-hydrogen) atoms.